The minimum Gasteiger partial charge on any atom is -0.378 e. The van der Waals surface area contributed by atoms with Crippen LogP contribution < -0.4 is 10.6 Å². The van der Waals surface area contributed by atoms with Crippen molar-refractivity contribution in [3.05, 3.63) is 0 Å². The summed E-state index contributed by atoms with van der Waals surface area (Å²) in [6, 6.07) is 0.503. The van der Waals surface area contributed by atoms with Crippen LogP contribution in [0.15, 0.2) is 4.99 Å². The molecule has 0 aromatic carbocycles. The second-order valence-electron chi connectivity index (χ2n) is 7.56. The maximum atomic E-state index is 5.94. The van der Waals surface area contributed by atoms with Crippen LogP contribution in [0.4, 0.5) is 0 Å². The summed E-state index contributed by atoms with van der Waals surface area (Å²) in [6.45, 7) is 9.71. The molecule has 0 amide bonds. The number of nitrogens with zero attached hydrogens (tertiary/aromatic N) is 1. The Morgan fingerprint density at radius 1 is 1.26 bits per heavy atom. The van der Waals surface area contributed by atoms with Gasteiger partial charge in [-0.1, -0.05) is 6.42 Å². The van der Waals surface area contributed by atoms with Gasteiger partial charge in [-0.2, -0.15) is 0 Å². The molecule has 0 aromatic rings. The quantitative estimate of drug-likeness (QED) is 0.582. The van der Waals surface area contributed by atoms with Gasteiger partial charge in [0.25, 0.3) is 0 Å². The van der Waals surface area contributed by atoms with E-state index < -0.39 is 0 Å². The third-order valence-corrected chi connectivity index (χ3v) is 5.96. The van der Waals surface area contributed by atoms with Crippen molar-refractivity contribution in [1.29, 1.82) is 0 Å². The molecule has 23 heavy (non-hydrogen) atoms. The molecule has 1 saturated heterocycles. The van der Waals surface area contributed by atoms with E-state index in [1.165, 1.54) is 19.3 Å². The van der Waals surface area contributed by atoms with Gasteiger partial charge in [-0.3, -0.25) is 4.99 Å². The van der Waals surface area contributed by atoms with Crippen LogP contribution >= 0.6 is 0 Å². The van der Waals surface area contributed by atoms with Gasteiger partial charge in [0.15, 0.2) is 5.96 Å². The van der Waals surface area contributed by atoms with Crippen molar-refractivity contribution in [2.75, 3.05) is 26.3 Å². The SMILES string of the molecule is CCNC(=NCC1(C)CCCO1)NC1CC(OCC)C12CCC2. The van der Waals surface area contributed by atoms with Gasteiger partial charge in [-0.25, -0.2) is 0 Å². The summed E-state index contributed by atoms with van der Waals surface area (Å²) in [7, 11) is 0. The predicted molar refractivity (Wildman–Crippen MR) is 92.8 cm³/mol. The molecule has 2 saturated carbocycles. The fraction of sp³-hybridized carbons (Fsp3) is 0.944. The van der Waals surface area contributed by atoms with Crippen LogP contribution in [0.1, 0.15) is 59.3 Å². The first-order valence-corrected chi connectivity index (χ1v) is 9.42. The third kappa shape index (κ3) is 3.36. The van der Waals surface area contributed by atoms with Gasteiger partial charge < -0.3 is 20.1 Å². The first-order chi connectivity index (χ1) is 11.1. The number of guanidine groups is 1. The Hall–Kier alpha value is -0.810. The second-order valence-corrected chi connectivity index (χ2v) is 7.56. The monoisotopic (exact) mass is 323 g/mol. The zero-order chi connectivity index (χ0) is 16.3. The molecule has 1 aliphatic heterocycles. The molecular formula is C18H33N3O2. The van der Waals surface area contributed by atoms with Gasteiger partial charge in [0, 0.05) is 31.2 Å². The average molecular weight is 323 g/mol. The van der Waals surface area contributed by atoms with E-state index in [0.717, 1.165) is 51.5 Å². The van der Waals surface area contributed by atoms with Crippen LogP contribution in [0.5, 0.6) is 0 Å². The van der Waals surface area contributed by atoms with Gasteiger partial charge in [0.1, 0.15) is 0 Å². The van der Waals surface area contributed by atoms with Gasteiger partial charge in [0.05, 0.1) is 18.2 Å². The van der Waals surface area contributed by atoms with Crippen molar-refractivity contribution >= 4 is 5.96 Å². The standard InChI is InChI=1S/C18H33N3O2/c1-4-19-16(20-13-17(3)8-7-11-23-17)21-14-12-15(22-5-2)18(14)9-6-10-18/h14-15H,4-13H2,1-3H3,(H2,19,20,21). The lowest BCUT2D eigenvalue weighted by Gasteiger charge is -2.61. The maximum absolute atomic E-state index is 5.94. The van der Waals surface area contributed by atoms with E-state index in [4.69, 9.17) is 14.5 Å². The molecule has 132 valence electrons. The molecule has 3 unspecified atom stereocenters. The third-order valence-electron chi connectivity index (χ3n) is 5.96. The zero-order valence-electron chi connectivity index (χ0n) is 15.0. The molecule has 3 aliphatic rings. The Kier molecular flexibility index (Phi) is 5.16. The second kappa shape index (κ2) is 6.98. The average Bonchev–Trinajstić information content (AvgIpc) is 2.89. The van der Waals surface area contributed by atoms with E-state index in [1.54, 1.807) is 0 Å². The highest BCUT2D eigenvalue weighted by Gasteiger charge is 2.59. The number of nitrogens with one attached hydrogen (secondary N) is 2. The number of ether oxygens (including phenoxy) is 2. The lowest BCUT2D eigenvalue weighted by molar-refractivity contribution is -0.168. The summed E-state index contributed by atoms with van der Waals surface area (Å²) < 4.78 is 11.8. The molecule has 3 fully saturated rings. The minimum absolute atomic E-state index is 0.0794. The molecule has 1 heterocycles. The number of rotatable bonds is 6. The summed E-state index contributed by atoms with van der Waals surface area (Å²) in [6.07, 6.45) is 7.71. The maximum Gasteiger partial charge on any atom is 0.191 e. The molecule has 2 aliphatic carbocycles. The van der Waals surface area contributed by atoms with E-state index >= 15 is 0 Å². The van der Waals surface area contributed by atoms with E-state index in [-0.39, 0.29) is 5.60 Å². The zero-order valence-corrected chi connectivity index (χ0v) is 15.0. The highest BCUT2D eigenvalue weighted by molar-refractivity contribution is 5.80. The summed E-state index contributed by atoms with van der Waals surface area (Å²) in [5.74, 6) is 0.940. The first kappa shape index (κ1) is 17.0. The lowest BCUT2D eigenvalue weighted by Crippen LogP contribution is -2.68. The van der Waals surface area contributed by atoms with Crippen LogP contribution in [0.3, 0.4) is 0 Å². The Labute approximate surface area is 140 Å². The molecule has 0 aromatic heterocycles. The summed E-state index contributed by atoms with van der Waals surface area (Å²) in [4.78, 5) is 4.81. The lowest BCUT2D eigenvalue weighted by atomic mass is 9.51. The highest BCUT2D eigenvalue weighted by Crippen LogP contribution is 2.57. The van der Waals surface area contributed by atoms with Crippen molar-refractivity contribution in [2.24, 2.45) is 10.4 Å². The van der Waals surface area contributed by atoms with Gasteiger partial charge in [-0.05, 0) is 52.9 Å². The molecule has 5 nitrogen and oxygen atoms in total. The molecule has 0 bridgehead atoms. The number of hydrogen-bond acceptors (Lipinski definition) is 3. The van der Waals surface area contributed by atoms with Crippen molar-refractivity contribution < 1.29 is 9.47 Å². The number of hydrogen-bond donors (Lipinski definition) is 2. The first-order valence-electron chi connectivity index (χ1n) is 9.42. The summed E-state index contributed by atoms with van der Waals surface area (Å²) in [5.41, 5.74) is 0.282. The number of aliphatic imine (C=N–C) groups is 1. The van der Waals surface area contributed by atoms with Crippen LogP contribution in [0.25, 0.3) is 0 Å². The fourth-order valence-electron chi connectivity index (χ4n) is 4.33. The van der Waals surface area contributed by atoms with Crippen LogP contribution in [-0.4, -0.2) is 50.0 Å². The van der Waals surface area contributed by atoms with Crippen LogP contribution in [0, 0.1) is 5.41 Å². The van der Waals surface area contributed by atoms with Gasteiger partial charge >= 0.3 is 0 Å². The molecule has 0 radical (unpaired) electrons. The highest BCUT2D eigenvalue weighted by atomic mass is 16.5. The summed E-state index contributed by atoms with van der Waals surface area (Å²) >= 11 is 0. The van der Waals surface area contributed by atoms with E-state index in [1.807, 2.05) is 0 Å². The molecule has 2 N–H and O–H groups in total. The Morgan fingerprint density at radius 3 is 2.65 bits per heavy atom. The van der Waals surface area contributed by atoms with Gasteiger partial charge in [-0.15, -0.1) is 0 Å². The molecular weight excluding hydrogens is 290 g/mol. The van der Waals surface area contributed by atoms with Crippen LogP contribution in [-0.2, 0) is 9.47 Å². The predicted octanol–water partition coefficient (Wildman–Crippen LogP) is 2.46. The van der Waals surface area contributed by atoms with Crippen LogP contribution in [0.2, 0.25) is 0 Å². The van der Waals surface area contributed by atoms with E-state index in [9.17, 15) is 0 Å². The minimum atomic E-state index is -0.0794. The Balaban J connectivity index is 1.59. The van der Waals surface area contributed by atoms with E-state index in [0.29, 0.717) is 17.6 Å². The normalized spacial score (nSPS) is 35.7. The van der Waals surface area contributed by atoms with Crippen molar-refractivity contribution in [3.63, 3.8) is 0 Å². The summed E-state index contributed by atoms with van der Waals surface area (Å²) in [5, 5.41) is 7.08. The Morgan fingerprint density at radius 2 is 2.09 bits per heavy atom. The van der Waals surface area contributed by atoms with Crippen molar-refractivity contribution in [2.45, 2.75) is 77.0 Å². The Bertz CT molecular complexity index is 428. The van der Waals surface area contributed by atoms with Crippen molar-refractivity contribution in [3.8, 4) is 0 Å². The topological polar surface area (TPSA) is 54.9 Å². The molecule has 5 heteroatoms. The van der Waals surface area contributed by atoms with Gasteiger partial charge in [0.2, 0.25) is 0 Å². The largest absolute Gasteiger partial charge is 0.378 e. The van der Waals surface area contributed by atoms with E-state index in [2.05, 4.69) is 31.4 Å². The van der Waals surface area contributed by atoms with Crippen molar-refractivity contribution in [1.82, 2.24) is 10.6 Å². The molecule has 3 atom stereocenters. The smallest absolute Gasteiger partial charge is 0.191 e. The molecule has 1 spiro atoms. The molecule has 3 rings (SSSR count). The fourth-order valence-corrected chi connectivity index (χ4v) is 4.33.